The van der Waals surface area contributed by atoms with E-state index in [2.05, 4.69) is 20.5 Å². The Morgan fingerprint density at radius 3 is 2.83 bits per heavy atom. The molecule has 0 bridgehead atoms. The number of nitrogens with zero attached hydrogens (tertiary/aromatic N) is 2. The Morgan fingerprint density at radius 2 is 2.08 bits per heavy atom. The first-order valence-electron chi connectivity index (χ1n) is 8.14. The molecule has 0 radical (unpaired) electrons. The van der Waals surface area contributed by atoms with Gasteiger partial charge in [-0.2, -0.15) is 5.10 Å². The summed E-state index contributed by atoms with van der Waals surface area (Å²) in [7, 11) is 0. The van der Waals surface area contributed by atoms with Crippen molar-refractivity contribution in [2.24, 2.45) is 0 Å². The monoisotopic (exact) mass is 338 g/mol. The molecule has 4 rings (SSSR count). The Balaban J connectivity index is 1.32. The Hall–Kier alpha value is -2.47. The summed E-state index contributed by atoms with van der Waals surface area (Å²) in [5, 5.41) is 10.8. The molecule has 0 saturated heterocycles. The number of thiazole rings is 1. The second-order valence-electron chi connectivity index (χ2n) is 5.90. The number of benzene rings is 1. The van der Waals surface area contributed by atoms with Crippen molar-refractivity contribution in [3.05, 3.63) is 57.8 Å². The molecular formula is C18H18N4OS. The lowest BCUT2D eigenvalue weighted by atomic mass is 10.1. The third-order valence-corrected chi connectivity index (χ3v) is 5.46. The zero-order valence-corrected chi connectivity index (χ0v) is 14.0. The highest BCUT2D eigenvalue weighted by Crippen LogP contribution is 2.27. The number of H-pyrrole nitrogens is 1. The fourth-order valence-corrected chi connectivity index (χ4v) is 4.11. The number of rotatable bonds is 5. The third-order valence-electron chi connectivity index (χ3n) is 4.24. The maximum atomic E-state index is 12.2. The van der Waals surface area contributed by atoms with Crippen LogP contribution in [0.1, 0.15) is 32.4 Å². The van der Waals surface area contributed by atoms with Gasteiger partial charge in [0.25, 0.3) is 5.91 Å². The van der Waals surface area contributed by atoms with Gasteiger partial charge in [-0.3, -0.25) is 9.89 Å². The minimum atomic E-state index is -0.0437. The maximum absolute atomic E-state index is 12.2. The summed E-state index contributed by atoms with van der Waals surface area (Å²) in [4.78, 5) is 18.3. The van der Waals surface area contributed by atoms with Crippen molar-refractivity contribution in [2.45, 2.75) is 25.7 Å². The molecule has 1 aliphatic rings. The predicted octanol–water partition coefficient (Wildman–Crippen LogP) is 2.99. The number of aromatic nitrogens is 3. The number of hydrogen-bond donors (Lipinski definition) is 2. The fraction of sp³-hybridized carbons (Fsp3) is 0.278. The van der Waals surface area contributed by atoms with Gasteiger partial charge in [0.1, 0.15) is 0 Å². The molecule has 0 aliphatic heterocycles. The standard InChI is InChI=1S/C18H18N4OS/c23-18(13-6-4-12(5-7-13)14-10-20-21-11-14)19-9-8-17-22-15-2-1-3-16(15)24-17/h4-7,10-11H,1-3,8-9H2,(H,19,23)(H,20,21). The fourth-order valence-electron chi connectivity index (χ4n) is 2.96. The quantitative estimate of drug-likeness (QED) is 0.751. The molecule has 0 fully saturated rings. The lowest BCUT2D eigenvalue weighted by Gasteiger charge is -2.05. The van der Waals surface area contributed by atoms with E-state index in [0.29, 0.717) is 12.1 Å². The molecule has 1 aromatic carbocycles. The second-order valence-corrected chi connectivity index (χ2v) is 7.07. The topological polar surface area (TPSA) is 70.7 Å². The van der Waals surface area contributed by atoms with Gasteiger partial charge in [0, 0.05) is 35.2 Å². The van der Waals surface area contributed by atoms with Crippen molar-refractivity contribution in [2.75, 3.05) is 6.54 Å². The summed E-state index contributed by atoms with van der Waals surface area (Å²) in [5.41, 5.74) is 4.00. The lowest BCUT2D eigenvalue weighted by molar-refractivity contribution is 0.0954. The van der Waals surface area contributed by atoms with Crippen molar-refractivity contribution >= 4 is 17.2 Å². The van der Waals surface area contributed by atoms with Crippen LogP contribution < -0.4 is 5.32 Å². The molecule has 6 heteroatoms. The molecule has 0 spiro atoms. The van der Waals surface area contributed by atoms with Crippen LogP contribution in [0.15, 0.2) is 36.7 Å². The Bertz CT molecular complexity index is 815. The van der Waals surface area contributed by atoms with Crippen LogP contribution in [0.5, 0.6) is 0 Å². The minimum Gasteiger partial charge on any atom is -0.352 e. The number of carbonyl (C=O) groups is 1. The molecule has 122 valence electrons. The molecule has 0 atom stereocenters. The molecule has 1 aliphatic carbocycles. The first kappa shape index (κ1) is 15.1. The number of fused-ring (bicyclic) bond motifs is 1. The number of nitrogens with one attached hydrogen (secondary N) is 2. The van der Waals surface area contributed by atoms with Crippen LogP contribution in [0, 0.1) is 0 Å². The average molecular weight is 338 g/mol. The van der Waals surface area contributed by atoms with E-state index in [9.17, 15) is 4.79 Å². The number of hydrogen-bond acceptors (Lipinski definition) is 4. The Labute approximate surface area is 144 Å². The number of amides is 1. The van der Waals surface area contributed by atoms with Gasteiger partial charge in [-0.1, -0.05) is 12.1 Å². The van der Waals surface area contributed by atoms with Crippen LogP contribution in [0.4, 0.5) is 0 Å². The van der Waals surface area contributed by atoms with Gasteiger partial charge in [-0.15, -0.1) is 11.3 Å². The summed E-state index contributed by atoms with van der Waals surface area (Å²) in [6, 6.07) is 7.56. The molecule has 2 aromatic heterocycles. The second kappa shape index (κ2) is 6.57. The van der Waals surface area contributed by atoms with Gasteiger partial charge in [0.15, 0.2) is 0 Å². The zero-order chi connectivity index (χ0) is 16.4. The van der Waals surface area contributed by atoms with E-state index in [4.69, 9.17) is 0 Å². The number of aryl methyl sites for hydroxylation is 2. The maximum Gasteiger partial charge on any atom is 0.251 e. The van der Waals surface area contributed by atoms with Gasteiger partial charge < -0.3 is 5.32 Å². The van der Waals surface area contributed by atoms with E-state index in [1.807, 2.05) is 30.5 Å². The molecule has 2 N–H and O–H groups in total. The van der Waals surface area contributed by atoms with Crippen molar-refractivity contribution in [1.82, 2.24) is 20.5 Å². The Kier molecular flexibility index (Phi) is 4.13. The van der Waals surface area contributed by atoms with Crippen LogP contribution >= 0.6 is 11.3 Å². The van der Waals surface area contributed by atoms with Crippen LogP contribution in [-0.2, 0) is 19.3 Å². The summed E-state index contributed by atoms with van der Waals surface area (Å²) in [6.07, 6.45) is 7.92. The van der Waals surface area contributed by atoms with E-state index >= 15 is 0 Å². The van der Waals surface area contributed by atoms with Gasteiger partial charge in [0.2, 0.25) is 0 Å². The van der Waals surface area contributed by atoms with Gasteiger partial charge >= 0.3 is 0 Å². The molecule has 2 heterocycles. The highest BCUT2D eigenvalue weighted by Gasteiger charge is 2.16. The van der Waals surface area contributed by atoms with Crippen LogP contribution in [0.2, 0.25) is 0 Å². The molecule has 1 amide bonds. The summed E-state index contributed by atoms with van der Waals surface area (Å²) >= 11 is 1.80. The smallest absolute Gasteiger partial charge is 0.251 e. The van der Waals surface area contributed by atoms with Crippen LogP contribution in [0.25, 0.3) is 11.1 Å². The molecule has 0 unspecified atom stereocenters. The van der Waals surface area contributed by atoms with Crippen LogP contribution in [0.3, 0.4) is 0 Å². The Morgan fingerprint density at radius 1 is 1.21 bits per heavy atom. The van der Waals surface area contributed by atoms with E-state index in [-0.39, 0.29) is 5.91 Å². The van der Waals surface area contributed by atoms with Gasteiger partial charge in [-0.25, -0.2) is 4.98 Å². The average Bonchev–Trinajstić information content (AvgIpc) is 3.32. The highest BCUT2D eigenvalue weighted by atomic mass is 32.1. The molecule has 24 heavy (non-hydrogen) atoms. The van der Waals surface area contributed by atoms with E-state index in [0.717, 1.165) is 29.0 Å². The summed E-state index contributed by atoms with van der Waals surface area (Å²) < 4.78 is 0. The van der Waals surface area contributed by atoms with Crippen molar-refractivity contribution < 1.29 is 4.79 Å². The predicted molar refractivity (Wildman–Crippen MR) is 94.2 cm³/mol. The third kappa shape index (κ3) is 3.10. The minimum absolute atomic E-state index is 0.0437. The largest absolute Gasteiger partial charge is 0.352 e. The SMILES string of the molecule is O=C(NCCc1nc2c(s1)CCC2)c1ccc(-c2cn[nH]c2)cc1. The van der Waals surface area contributed by atoms with Gasteiger partial charge in [-0.05, 0) is 37.0 Å². The summed E-state index contributed by atoms with van der Waals surface area (Å²) in [5.74, 6) is -0.0437. The van der Waals surface area contributed by atoms with Gasteiger partial charge in [0.05, 0.1) is 16.9 Å². The normalized spacial score (nSPS) is 13.0. The first-order valence-corrected chi connectivity index (χ1v) is 8.96. The van der Waals surface area contributed by atoms with Crippen LogP contribution in [-0.4, -0.2) is 27.6 Å². The number of aromatic amines is 1. The van der Waals surface area contributed by atoms with E-state index in [1.54, 1.807) is 17.5 Å². The molecule has 0 saturated carbocycles. The summed E-state index contributed by atoms with van der Waals surface area (Å²) in [6.45, 7) is 0.620. The van der Waals surface area contributed by atoms with E-state index in [1.165, 1.54) is 23.4 Å². The molecule has 3 aromatic rings. The van der Waals surface area contributed by atoms with Crippen molar-refractivity contribution in [3.63, 3.8) is 0 Å². The van der Waals surface area contributed by atoms with Crippen molar-refractivity contribution in [1.29, 1.82) is 0 Å². The highest BCUT2D eigenvalue weighted by molar-refractivity contribution is 7.11. The number of carbonyl (C=O) groups excluding carboxylic acids is 1. The first-order chi connectivity index (χ1) is 11.8. The van der Waals surface area contributed by atoms with Crippen molar-refractivity contribution in [3.8, 4) is 11.1 Å². The lowest BCUT2D eigenvalue weighted by Crippen LogP contribution is -2.25. The molecular weight excluding hydrogens is 320 g/mol. The van der Waals surface area contributed by atoms with E-state index < -0.39 is 0 Å². The zero-order valence-electron chi connectivity index (χ0n) is 13.2. The molecule has 5 nitrogen and oxygen atoms in total.